The van der Waals surface area contributed by atoms with E-state index in [-0.39, 0.29) is 0 Å². The van der Waals surface area contributed by atoms with Gasteiger partial charge in [0, 0.05) is 6.20 Å². The lowest BCUT2D eigenvalue weighted by molar-refractivity contribution is 1.30. The molecule has 1 aromatic rings. The topological polar surface area (TPSA) is 12.9 Å². The highest BCUT2D eigenvalue weighted by atomic mass is 14.6. The average molecular weight is 173 g/mol. The predicted octanol–water partition coefficient (Wildman–Crippen LogP) is 3.47. The first kappa shape index (κ1) is 11.4. The molecule has 68 valence electrons. The molecule has 1 nitrogen and oxygen atoms in total. The van der Waals surface area contributed by atoms with E-state index in [0.717, 1.165) is 11.3 Å². The first-order valence-corrected chi connectivity index (χ1v) is 4.02. The summed E-state index contributed by atoms with van der Waals surface area (Å²) in [5, 5.41) is 0. The molecule has 0 unspecified atom stereocenters. The molecule has 0 bridgehead atoms. The molecular weight excluding hydrogens is 158 g/mol. The smallest absolute Gasteiger partial charge is 0.0623 e. The molecule has 1 aromatic heterocycles. The van der Waals surface area contributed by atoms with Crippen molar-refractivity contribution in [3.05, 3.63) is 61.5 Å². The Morgan fingerprint density at radius 3 is 2.23 bits per heavy atom. The number of hydrogen-bond acceptors (Lipinski definition) is 1. The summed E-state index contributed by atoms with van der Waals surface area (Å²) >= 11 is 0. The van der Waals surface area contributed by atoms with Crippen molar-refractivity contribution >= 4 is 6.08 Å². The maximum atomic E-state index is 3.98. The van der Waals surface area contributed by atoms with Crippen LogP contribution in [0.5, 0.6) is 0 Å². The van der Waals surface area contributed by atoms with Crippen molar-refractivity contribution < 1.29 is 0 Å². The molecule has 1 heterocycles. The van der Waals surface area contributed by atoms with Crippen molar-refractivity contribution in [1.29, 1.82) is 0 Å². The van der Waals surface area contributed by atoms with Crippen LogP contribution in [0.3, 0.4) is 0 Å². The summed E-state index contributed by atoms with van der Waals surface area (Å²) in [5.74, 6) is 0. The van der Waals surface area contributed by atoms with Gasteiger partial charge in [-0.05, 0) is 25.1 Å². The maximum Gasteiger partial charge on any atom is 0.0623 e. The molecule has 0 aliphatic carbocycles. The molecule has 0 spiro atoms. The predicted molar refractivity (Wildman–Crippen MR) is 59.3 cm³/mol. The fraction of sp³-hybridized carbons (Fsp3) is 0.0833. The van der Waals surface area contributed by atoms with Crippen LogP contribution in [0, 0.1) is 0 Å². The second-order valence-corrected chi connectivity index (χ2v) is 2.51. The van der Waals surface area contributed by atoms with Gasteiger partial charge in [-0.25, -0.2) is 0 Å². The van der Waals surface area contributed by atoms with Gasteiger partial charge in [0.05, 0.1) is 5.69 Å². The Labute approximate surface area is 80.1 Å². The van der Waals surface area contributed by atoms with Crippen LogP contribution in [0.1, 0.15) is 12.6 Å². The fourth-order valence-electron chi connectivity index (χ4n) is 0.497. The van der Waals surface area contributed by atoms with E-state index in [9.17, 15) is 0 Å². The zero-order valence-electron chi connectivity index (χ0n) is 8.03. The van der Waals surface area contributed by atoms with Crippen LogP contribution in [0.4, 0.5) is 0 Å². The Bertz CT molecular complexity index is 272. The van der Waals surface area contributed by atoms with E-state index in [1.165, 1.54) is 0 Å². The van der Waals surface area contributed by atoms with Crippen molar-refractivity contribution in [2.45, 2.75) is 6.92 Å². The maximum absolute atomic E-state index is 3.98. The van der Waals surface area contributed by atoms with Gasteiger partial charge in [-0.15, -0.1) is 0 Å². The molecule has 0 amide bonds. The molecule has 0 saturated carbocycles. The molecule has 0 aliphatic heterocycles. The third-order valence-corrected chi connectivity index (χ3v) is 1.25. The van der Waals surface area contributed by atoms with E-state index in [1.807, 2.05) is 25.1 Å². The normalized spacial score (nSPS) is 7.77. The quantitative estimate of drug-likeness (QED) is 0.624. The SMILES string of the molecule is C=CC(=C)C.C=Cc1ccccn1. The zero-order chi connectivity index (χ0) is 10.1. The molecule has 0 aliphatic rings. The monoisotopic (exact) mass is 173 g/mol. The Kier molecular flexibility index (Phi) is 6.16. The van der Waals surface area contributed by atoms with Crippen LogP contribution in [-0.2, 0) is 0 Å². The van der Waals surface area contributed by atoms with Crippen molar-refractivity contribution in [3.63, 3.8) is 0 Å². The molecule has 0 aromatic carbocycles. The van der Waals surface area contributed by atoms with Crippen molar-refractivity contribution in [2.24, 2.45) is 0 Å². The van der Waals surface area contributed by atoms with Gasteiger partial charge in [-0.1, -0.05) is 37.5 Å². The highest BCUT2D eigenvalue weighted by molar-refractivity contribution is 5.40. The lowest BCUT2D eigenvalue weighted by Gasteiger charge is -1.84. The summed E-state index contributed by atoms with van der Waals surface area (Å²) in [6, 6.07) is 5.73. The average Bonchev–Trinajstić information content (AvgIpc) is 2.20. The number of nitrogens with zero attached hydrogens (tertiary/aromatic N) is 1. The molecule has 0 saturated heterocycles. The second kappa shape index (κ2) is 7.04. The molecule has 0 fully saturated rings. The number of aromatic nitrogens is 1. The van der Waals surface area contributed by atoms with Gasteiger partial charge in [-0.3, -0.25) is 4.98 Å². The van der Waals surface area contributed by atoms with Gasteiger partial charge in [0.25, 0.3) is 0 Å². The van der Waals surface area contributed by atoms with Crippen molar-refractivity contribution in [2.75, 3.05) is 0 Å². The third-order valence-electron chi connectivity index (χ3n) is 1.25. The van der Waals surface area contributed by atoms with E-state index in [4.69, 9.17) is 0 Å². The van der Waals surface area contributed by atoms with E-state index in [0.29, 0.717) is 0 Å². The summed E-state index contributed by atoms with van der Waals surface area (Å²) in [7, 11) is 0. The number of hydrogen-bond donors (Lipinski definition) is 0. The minimum atomic E-state index is 0.924. The van der Waals surface area contributed by atoms with Gasteiger partial charge in [-0.2, -0.15) is 0 Å². The number of allylic oxidation sites excluding steroid dienone is 2. The first-order valence-electron chi connectivity index (χ1n) is 4.02. The molecule has 1 rings (SSSR count). The molecule has 0 radical (unpaired) electrons. The summed E-state index contributed by atoms with van der Waals surface area (Å²) in [5.41, 5.74) is 1.94. The lowest BCUT2D eigenvalue weighted by atomic mass is 10.4. The van der Waals surface area contributed by atoms with Crippen LogP contribution >= 0.6 is 0 Å². The van der Waals surface area contributed by atoms with Gasteiger partial charge < -0.3 is 0 Å². The van der Waals surface area contributed by atoms with Gasteiger partial charge in [0.2, 0.25) is 0 Å². The molecule has 1 heteroatoms. The highest BCUT2D eigenvalue weighted by Crippen LogP contribution is 1.91. The Hall–Kier alpha value is -1.63. The minimum Gasteiger partial charge on any atom is -0.257 e. The standard InChI is InChI=1S/C7H7N.C5H8/c1-2-7-5-3-4-6-8-7;1-4-5(2)3/h2-6H,1H2;4H,1-2H2,3H3. The van der Waals surface area contributed by atoms with Gasteiger partial charge in [0.1, 0.15) is 0 Å². The Balaban J connectivity index is 0.000000252. The van der Waals surface area contributed by atoms with Crippen LogP contribution in [-0.4, -0.2) is 4.98 Å². The largest absolute Gasteiger partial charge is 0.257 e. The third kappa shape index (κ3) is 6.76. The van der Waals surface area contributed by atoms with Crippen LogP contribution < -0.4 is 0 Å². The van der Waals surface area contributed by atoms with Crippen LogP contribution in [0.2, 0.25) is 0 Å². The van der Waals surface area contributed by atoms with Crippen molar-refractivity contribution in [1.82, 2.24) is 4.98 Å². The molecule has 13 heavy (non-hydrogen) atoms. The summed E-state index contributed by atoms with van der Waals surface area (Å²) in [6.45, 7) is 12.5. The second-order valence-electron chi connectivity index (χ2n) is 2.51. The first-order chi connectivity index (χ1) is 6.20. The van der Waals surface area contributed by atoms with Crippen LogP contribution in [0.25, 0.3) is 6.08 Å². The van der Waals surface area contributed by atoms with E-state index in [1.54, 1.807) is 18.3 Å². The Morgan fingerprint density at radius 2 is 2.00 bits per heavy atom. The summed E-state index contributed by atoms with van der Waals surface area (Å²) in [4.78, 5) is 3.98. The summed E-state index contributed by atoms with van der Waals surface area (Å²) < 4.78 is 0. The van der Waals surface area contributed by atoms with E-state index >= 15 is 0 Å². The van der Waals surface area contributed by atoms with E-state index in [2.05, 4.69) is 24.7 Å². The fourth-order valence-corrected chi connectivity index (χ4v) is 0.497. The molecule has 0 N–H and O–H groups in total. The van der Waals surface area contributed by atoms with Crippen LogP contribution in [0.15, 0.2) is 55.8 Å². The highest BCUT2D eigenvalue weighted by Gasteiger charge is 1.77. The number of pyridine rings is 1. The van der Waals surface area contributed by atoms with Crippen molar-refractivity contribution in [3.8, 4) is 0 Å². The minimum absolute atomic E-state index is 0.924. The lowest BCUT2D eigenvalue weighted by Crippen LogP contribution is -1.73. The van der Waals surface area contributed by atoms with Gasteiger partial charge >= 0.3 is 0 Å². The molecular formula is C12H15N. The van der Waals surface area contributed by atoms with Gasteiger partial charge in [0.15, 0.2) is 0 Å². The molecule has 0 atom stereocenters. The summed E-state index contributed by atoms with van der Waals surface area (Å²) in [6.07, 6.45) is 5.19. The zero-order valence-corrected chi connectivity index (χ0v) is 8.03. The number of rotatable bonds is 2. The Morgan fingerprint density at radius 1 is 1.38 bits per heavy atom. The van der Waals surface area contributed by atoms with E-state index < -0.39 is 0 Å².